The Labute approximate surface area is 59.8 Å². The van der Waals surface area contributed by atoms with E-state index in [9.17, 15) is 19.2 Å². The molecule has 0 atom stereocenters. The molecule has 0 saturated carbocycles. The number of carbonyl (C=O) groups excluding carboxylic acids is 4. The minimum absolute atomic E-state index is 0.997. The van der Waals surface area contributed by atoms with Gasteiger partial charge in [0.25, 0.3) is 0 Å². The summed E-state index contributed by atoms with van der Waals surface area (Å²) >= 11 is 0. The van der Waals surface area contributed by atoms with Crippen molar-refractivity contribution in [3.8, 4) is 0 Å². The Balaban J connectivity index is 2.49. The summed E-state index contributed by atoms with van der Waals surface area (Å²) in [4.78, 5) is 42.3. The molecule has 7 heteroatoms. The zero-order valence-electron chi connectivity index (χ0n) is 4.95. The summed E-state index contributed by atoms with van der Waals surface area (Å²) in [5.41, 5.74) is -3.99. The summed E-state index contributed by atoms with van der Waals surface area (Å²) < 4.78 is 7.80. The molecular formula is C4HO6P. The van der Waals surface area contributed by atoms with Crippen molar-refractivity contribution in [2.24, 2.45) is 0 Å². The Morgan fingerprint density at radius 3 is 1.09 bits per heavy atom. The fourth-order valence-electron chi connectivity index (χ4n) is 0.882. The standard InChI is InChI=1S/C4HO6P/c5-1-9-2(6)11(1)3(7)10-4(11)8/h11H. The molecule has 0 aromatic rings. The van der Waals surface area contributed by atoms with E-state index in [1.807, 2.05) is 0 Å². The molecular weight excluding hydrogens is 175 g/mol. The van der Waals surface area contributed by atoms with Crippen LogP contribution < -0.4 is 0 Å². The maximum atomic E-state index is 10.6. The van der Waals surface area contributed by atoms with Crippen molar-refractivity contribution in [2.45, 2.75) is 0 Å². The average Bonchev–Trinajstić information content (AvgIpc) is 1.86. The van der Waals surface area contributed by atoms with Crippen LogP contribution in [0.5, 0.6) is 0 Å². The van der Waals surface area contributed by atoms with Crippen LogP contribution in [-0.4, -0.2) is 22.8 Å². The Bertz CT molecular complexity index is 253. The van der Waals surface area contributed by atoms with Crippen LogP contribution in [0.2, 0.25) is 0 Å². The van der Waals surface area contributed by atoms with E-state index < -0.39 is 30.1 Å². The molecule has 0 amide bonds. The monoisotopic (exact) mass is 176 g/mol. The second kappa shape index (κ2) is 1.48. The number of carbonyl (C=O) groups is 4. The fourth-order valence-corrected chi connectivity index (χ4v) is 2.58. The minimum atomic E-state index is -3.70. The van der Waals surface area contributed by atoms with Gasteiger partial charge in [-0.05, 0) is 0 Å². The molecule has 2 heterocycles. The van der Waals surface area contributed by atoms with Gasteiger partial charge in [0, 0.05) is 0 Å². The van der Waals surface area contributed by atoms with Crippen molar-refractivity contribution in [2.75, 3.05) is 0 Å². The van der Waals surface area contributed by atoms with Crippen LogP contribution in [0.25, 0.3) is 0 Å². The first-order valence-corrected chi connectivity index (χ1v) is 4.63. The van der Waals surface area contributed by atoms with Gasteiger partial charge in [0.2, 0.25) is 0 Å². The van der Waals surface area contributed by atoms with E-state index in [1.165, 1.54) is 0 Å². The molecule has 1 spiro atoms. The van der Waals surface area contributed by atoms with Crippen LogP contribution >= 0.6 is 7.26 Å². The van der Waals surface area contributed by atoms with Gasteiger partial charge in [-0.15, -0.1) is 0 Å². The van der Waals surface area contributed by atoms with Gasteiger partial charge in [0.1, 0.15) is 0 Å². The topological polar surface area (TPSA) is 86.7 Å². The van der Waals surface area contributed by atoms with Gasteiger partial charge in [0.05, 0.1) is 0 Å². The van der Waals surface area contributed by atoms with Crippen molar-refractivity contribution in [1.82, 2.24) is 0 Å². The summed E-state index contributed by atoms with van der Waals surface area (Å²) in [6.07, 6.45) is 0. The summed E-state index contributed by atoms with van der Waals surface area (Å²) in [5.74, 6) is 0. The number of hydrogen-bond donors (Lipinski definition) is 0. The van der Waals surface area contributed by atoms with Gasteiger partial charge in [-0.1, -0.05) is 0 Å². The van der Waals surface area contributed by atoms with E-state index >= 15 is 0 Å². The number of hydrogen-bond acceptors (Lipinski definition) is 6. The SMILES string of the molecule is O=C1OC(=O)[PH]12C(=O)OC2=O. The predicted octanol–water partition coefficient (Wildman–Crippen LogP) is 1.28. The summed E-state index contributed by atoms with van der Waals surface area (Å²) in [6, 6.07) is 0. The van der Waals surface area contributed by atoms with Crippen molar-refractivity contribution in [1.29, 1.82) is 0 Å². The van der Waals surface area contributed by atoms with Crippen LogP contribution in [0, 0.1) is 0 Å². The van der Waals surface area contributed by atoms with Crippen molar-refractivity contribution in [3.63, 3.8) is 0 Å². The van der Waals surface area contributed by atoms with E-state index in [0.29, 0.717) is 0 Å². The van der Waals surface area contributed by atoms with Crippen molar-refractivity contribution in [3.05, 3.63) is 0 Å². The molecule has 0 radical (unpaired) electrons. The predicted molar refractivity (Wildman–Crippen MR) is 32.1 cm³/mol. The second-order valence-electron chi connectivity index (χ2n) is 2.10. The molecule has 11 heavy (non-hydrogen) atoms. The molecule has 0 aromatic carbocycles. The van der Waals surface area contributed by atoms with Crippen LogP contribution in [0.1, 0.15) is 0 Å². The van der Waals surface area contributed by atoms with E-state index in [4.69, 9.17) is 0 Å². The Hall–Kier alpha value is -1.29. The number of rotatable bonds is 0. The Morgan fingerprint density at radius 2 is 1.00 bits per heavy atom. The fraction of sp³-hybridized carbons (Fsp3) is 0. The molecule has 0 bridgehead atoms. The zero-order chi connectivity index (χ0) is 8.22. The molecule has 0 aromatic heterocycles. The van der Waals surface area contributed by atoms with E-state index in [0.717, 1.165) is 0 Å². The number of cyclic esters (lactones) is 4. The molecule has 2 aliphatic heterocycles. The third-order valence-corrected chi connectivity index (χ3v) is 4.45. The molecule has 0 aliphatic carbocycles. The van der Waals surface area contributed by atoms with Gasteiger partial charge in [-0.25, -0.2) is 0 Å². The van der Waals surface area contributed by atoms with E-state index in [-0.39, 0.29) is 0 Å². The van der Waals surface area contributed by atoms with Gasteiger partial charge in [-0.2, -0.15) is 0 Å². The maximum absolute atomic E-state index is 10.6. The quantitative estimate of drug-likeness (QED) is 0.408. The van der Waals surface area contributed by atoms with Crippen molar-refractivity contribution < 1.29 is 28.7 Å². The molecule has 0 N–H and O–H groups in total. The number of ether oxygens (including phenoxy) is 2. The molecule has 0 unspecified atom stereocenters. The second-order valence-corrected chi connectivity index (χ2v) is 5.24. The third-order valence-electron chi connectivity index (χ3n) is 1.60. The first-order chi connectivity index (χ1) is 5.10. The van der Waals surface area contributed by atoms with E-state index in [1.54, 1.807) is 0 Å². The molecule has 6 nitrogen and oxygen atoms in total. The summed E-state index contributed by atoms with van der Waals surface area (Å²) in [7, 11) is -3.70. The average molecular weight is 176 g/mol. The third kappa shape index (κ3) is 0.416. The molecule has 2 saturated heterocycles. The van der Waals surface area contributed by atoms with Gasteiger partial charge in [-0.3, -0.25) is 0 Å². The summed E-state index contributed by atoms with van der Waals surface area (Å²) in [6.45, 7) is 0. The van der Waals surface area contributed by atoms with Crippen LogP contribution in [-0.2, 0) is 9.47 Å². The molecule has 58 valence electrons. The molecule has 2 rings (SSSR count). The summed E-state index contributed by atoms with van der Waals surface area (Å²) in [5, 5.41) is 0. The van der Waals surface area contributed by atoms with Crippen LogP contribution in [0.3, 0.4) is 0 Å². The normalized spacial score (nSPS) is 28.4. The first kappa shape index (κ1) is 6.42. The van der Waals surface area contributed by atoms with Crippen molar-refractivity contribution >= 4 is 30.1 Å². The van der Waals surface area contributed by atoms with Crippen LogP contribution in [0.15, 0.2) is 0 Å². The molecule has 2 aliphatic rings. The Morgan fingerprint density at radius 1 is 0.727 bits per heavy atom. The van der Waals surface area contributed by atoms with Gasteiger partial charge in [0.15, 0.2) is 0 Å². The van der Waals surface area contributed by atoms with Gasteiger partial charge < -0.3 is 0 Å². The first-order valence-electron chi connectivity index (χ1n) is 2.63. The zero-order valence-corrected chi connectivity index (χ0v) is 5.95. The molecule has 2 fully saturated rings. The van der Waals surface area contributed by atoms with Crippen LogP contribution in [0.4, 0.5) is 19.2 Å². The van der Waals surface area contributed by atoms with E-state index in [2.05, 4.69) is 9.47 Å². The Kier molecular flexibility index (Phi) is 0.864. The van der Waals surface area contributed by atoms with Gasteiger partial charge >= 0.3 is 58.8 Å².